The Balaban J connectivity index is 2.42. The van der Waals surface area contributed by atoms with Crippen LogP contribution < -0.4 is 9.64 Å². The summed E-state index contributed by atoms with van der Waals surface area (Å²) < 4.78 is 43.7. The number of ether oxygens (including phenoxy) is 1. The molecule has 0 aliphatic carbocycles. The molecule has 0 aliphatic rings. The molecule has 0 radical (unpaired) electrons. The van der Waals surface area contributed by atoms with E-state index in [0.717, 1.165) is 0 Å². The molecule has 0 unspecified atom stereocenters. The van der Waals surface area contributed by atoms with Gasteiger partial charge >= 0.3 is 6.18 Å². The third-order valence-electron chi connectivity index (χ3n) is 2.82. The van der Waals surface area contributed by atoms with E-state index in [1.54, 1.807) is 38.2 Å². The maximum absolute atomic E-state index is 12.9. The van der Waals surface area contributed by atoms with Gasteiger partial charge in [0.05, 0.1) is 6.61 Å². The first kappa shape index (κ1) is 16.4. The fraction of sp³-hybridized carbons (Fsp3) is 0.286. The zero-order valence-corrected chi connectivity index (χ0v) is 12.6. The van der Waals surface area contributed by atoms with Gasteiger partial charge in [-0.15, -0.1) is 0 Å². The molecule has 0 saturated heterocycles. The second-order valence-electron chi connectivity index (χ2n) is 4.36. The summed E-state index contributed by atoms with van der Waals surface area (Å²) in [5, 5.41) is 0.501. The van der Waals surface area contributed by atoms with Crippen LogP contribution in [-0.2, 0) is 6.18 Å². The van der Waals surface area contributed by atoms with Gasteiger partial charge in [-0.3, -0.25) is 0 Å². The fourth-order valence-corrected chi connectivity index (χ4v) is 1.94. The van der Waals surface area contributed by atoms with E-state index in [4.69, 9.17) is 16.3 Å². The lowest BCUT2D eigenvalue weighted by Crippen LogP contribution is -2.17. The predicted octanol–water partition coefficient (Wildman–Crippen LogP) is 4.32. The minimum Gasteiger partial charge on any atom is -0.477 e. The van der Waals surface area contributed by atoms with Gasteiger partial charge in [-0.2, -0.15) is 18.2 Å². The minimum atomic E-state index is -4.57. The zero-order valence-electron chi connectivity index (χ0n) is 11.9. The molecule has 0 fully saturated rings. The molecule has 2 rings (SSSR count). The second kappa shape index (κ2) is 6.39. The molecule has 0 atom stereocenters. The van der Waals surface area contributed by atoms with Gasteiger partial charge < -0.3 is 9.64 Å². The first-order chi connectivity index (χ1) is 10.3. The van der Waals surface area contributed by atoms with Crippen molar-refractivity contribution in [3.05, 3.63) is 41.0 Å². The molecule has 0 spiro atoms. The van der Waals surface area contributed by atoms with Crippen molar-refractivity contribution in [2.45, 2.75) is 13.1 Å². The number of anilines is 2. The van der Waals surface area contributed by atoms with E-state index in [-0.39, 0.29) is 12.6 Å². The third-order valence-corrected chi connectivity index (χ3v) is 3.06. The lowest BCUT2D eigenvalue weighted by atomic mass is 10.3. The number of halogens is 4. The van der Waals surface area contributed by atoms with Gasteiger partial charge in [0, 0.05) is 24.0 Å². The average Bonchev–Trinajstić information content (AvgIpc) is 2.45. The maximum atomic E-state index is 12.9. The molecule has 0 aliphatic heterocycles. The molecule has 0 N–H and O–H groups in total. The van der Waals surface area contributed by atoms with E-state index in [1.165, 1.54) is 4.90 Å². The van der Waals surface area contributed by atoms with Crippen LogP contribution in [0.3, 0.4) is 0 Å². The van der Waals surface area contributed by atoms with Crippen LogP contribution in [0.25, 0.3) is 0 Å². The Morgan fingerprint density at radius 1 is 1.32 bits per heavy atom. The number of alkyl halides is 3. The first-order valence-corrected chi connectivity index (χ1v) is 6.77. The van der Waals surface area contributed by atoms with E-state index in [2.05, 4.69) is 9.97 Å². The van der Waals surface area contributed by atoms with Crippen LogP contribution in [0.1, 0.15) is 12.5 Å². The summed E-state index contributed by atoms with van der Waals surface area (Å²) in [4.78, 5) is 9.15. The van der Waals surface area contributed by atoms with Gasteiger partial charge in [0.1, 0.15) is 5.56 Å². The highest BCUT2D eigenvalue weighted by Crippen LogP contribution is 2.36. The quantitative estimate of drug-likeness (QED) is 0.836. The summed E-state index contributed by atoms with van der Waals surface area (Å²) in [6.45, 7) is 1.66. The van der Waals surface area contributed by atoms with Crippen molar-refractivity contribution in [3.63, 3.8) is 0 Å². The molecule has 0 saturated carbocycles. The molecule has 8 heteroatoms. The van der Waals surface area contributed by atoms with Gasteiger partial charge in [-0.1, -0.05) is 17.7 Å². The topological polar surface area (TPSA) is 38.2 Å². The number of hydrogen-bond donors (Lipinski definition) is 0. The second-order valence-corrected chi connectivity index (χ2v) is 4.79. The molecule has 0 amide bonds. The van der Waals surface area contributed by atoms with Crippen LogP contribution in [0, 0.1) is 0 Å². The fourth-order valence-electron chi connectivity index (χ4n) is 1.76. The highest BCUT2D eigenvalue weighted by molar-refractivity contribution is 6.30. The van der Waals surface area contributed by atoms with Crippen molar-refractivity contribution >= 4 is 23.2 Å². The summed E-state index contributed by atoms with van der Waals surface area (Å²) in [5.41, 5.74) is -0.354. The van der Waals surface area contributed by atoms with Gasteiger partial charge in [-0.25, -0.2) is 4.98 Å². The molecule has 0 bridgehead atoms. The summed E-state index contributed by atoms with van der Waals surface area (Å²) in [5.74, 6) is -0.410. The zero-order chi connectivity index (χ0) is 16.3. The van der Waals surface area contributed by atoms with Crippen LogP contribution >= 0.6 is 11.6 Å². The van der Waals surface area contributed by atoms with Crippen molar-refractivity contribution in [2.24, 2.45) is 0 Å². The molecule has 1 aromatic heterocycles. The van der Waals surface area contributed by atoms with E-state index >= 15 is 0 Å². The molecule has 1 aromatic carbocycles. The Morgan fingerprint density at radius 2 is 2.05 bits per heavy atom. The number of rotatable bonds is 4. The van der Waals surface area contributed by atoms with Crippen LogP contribution in [0.4, 0.5) is 24.8 Å². The molecule has 22 heavy (non-hydrogen) atoms. The summed E-state index contributed by atoms with van der Waals surface area (Å²) >= 11 is 5.90. The van der Waals surface area contributed by atoms with E-state index < -0.39 is 17.6 Å². The summed E-state index contributed by atoms with van der Waals surface area (Å²) in [6, 6.07) is 6.82. The normalized spacial score (nSPS) is 11.4. The lowest BCUT2D eigenvalue weighted by Gasteiger charge is -2.19. The Labute approximate surface area is 130 Å². The highest BCUT2D eigenvalue weighted by Gasteiger charge is 2.36. The van der Waals surface area contributed by atoms with Crippen LogP contribution in [0.5, 0.6) is 5.88 Å². The predicted molar refractivity (Wildman–Crippen MR) is 77.7 cm³/mol. The summed E-state index contributed by atoms with van der Waals surface area (Å²) in [7, 11) is 1.63. The lowest BCUT2D eigenvalue weighted by molar-refractivity contribution is -0.139. The number of aromatic nitrogens is 2. The SMILES string of the molecule is CCOc1nc(N(C)c2cccc(Cl)c2)ncc1C(F)(F)F. The van der Waals surface area contributed by atoms with Crippen LogP contribution in [0.15, 0.2) is 30.5 Å². The molecular weight excluding hydrogens is 319 g/mol. The van der Waals surface area contributed by atoms with Crippen LogP contribution in [-0.4, -0.2) is 23.6 Å². The van der Waals surface area contributed by atoms with Gasteiger partial charge in [0.15, 0.2) is 0 Å². The number of nitrogens with zero attached hydrogens (tertiary/aromatic N) is 3. The number of hydrogen-bond acceptors (Lipinski definition) is 4. The molecule has 1 heterocycles. The average molecular weight is 332 g/mol. The molecule has 2 aromatic rings. The minimum absolute atomic E-state index is 0.0699. The summed E-state index contributed by atoms with van der Waals surface area (Å²) in [6.07, 6.45) is -3.86. The number of benzene rings is 1. The van der Waals surface area contributed by atoms with Gasteiger partial charge in [0.25, 0.3) is 0 Å². The Bertz CT molecular complexity index is 664. The molecule has 118 valence electrons. The Kier molecular flexibility index (Phi) is 4.75. The van der Waals surface area contributed by atoms with E-state index in [0.29, 0.717) is 16.9 Å². The largest absolute Gasteiger partial charge is 0.477 e. The van der Waals surface area contributed by atoms with Crippen molar-refractivity contribution in [2.75, 3.05) is 18.6 Å². The van der Waals surface area contributed by atoms with Gasteiger partial charge in [0.2, 0.25) is 11.8 Å². The molecular formula is C14H13ClF3N3O. The monoisotopic (exact) mass is 331 g/mol. The smallest absolute Gasteiger partial charge is 0.423 e. The third kappa shape index (κ3) is 3.59. The van der Waals surface area contributed by atoms with Gasteiger partial charge in [-0.05, 0) is 25.1 Å². The Morgan fingerprint density at radius 3 is 2.64 bits per heavy atom. The van der Waals surface area contributed by atoms with Crippen molar-refractivity contribution in [1.29, 1.82) is 0 Å². The Hall–Kier alpha value is -2.02. The highest BCUT2D eigenvalue weighted by atomic mass is 35.5. The molecule has 4 nitrogen and oxygen atoms in total. The van der Waals surface area contributed by atoms with Crippen molar-refractivity contribution in [1.82, 2.24) is 9.97 Å². The van der Waals surface area contributed by atoms with Crippen molar-refractivity contribution in [3.8, 4) is 5.88 Å². The van der Waals surface area contributed by atoms with E-state index in [9.17, 15) is 13.2 Å². The maximum Gasteiger partial charge on any atom is 0.423 e. The standard InChI is InChI=1S/C14H13ClF3N3O/c1-3-22-12-11(14(16,17)18)8-19-13(20-12)21(2)10-6-4-5-9(15)7-10/h4-8H,3H2,1-2H3. The van der Waals surface area contributed by atoms with Crippen molar-refractivity contribution < 1.29 is 17.9 Å². The van der Waals surface area contributed by atoms with E-state index in [1.807, 2.05) is 0 Å². The first-order valence-electron chi connectivity index (χ1n) is 6.39. The van der Waals surface area contributed by atoms with Crippen LogP contribution in [0.2, 0.25) is 5.02 Å².